The maximum absolute atomic E-state index is 12.4. The van der Waals surface area contributed by atoms with E-state index in [1.54, 1.807) is 19.3 Å². The zero-order valence-electron chi connectivity index (χ0n) is 18.3. The van der Waals surface area contributed by atoms with Gasteiger partial charge in [-0.1, -0.05) is 12.1 Å². The number of anilines is 1. The van der Waals surface area contributed by atoms with Gasteiger partial charge in [0.05, 0.1) is 22.8 Å². The van der Waals surface area contributed by atoms with Crippen LogP contribution in [0.15, 0.2) is 47.4 Å². The molecule has 3 aromatic rings. The van der Waals surface area contributed by atoms with E-state index in [-0.39, 0.29) is 11.5 Å². The third-order valence-corrected chi connectivity index (χ3v) is 6.80. The van der Waals surface area contributed by atoms with Crippen LogP contribution in [0.5, 0.6) is 0 Å². The van der Waals surface area contributed by atoms with Crippen LogP contribution >= 0.6 is 0 Å². The van der Waals surface area contributed by atoms with Crippen molar-refractivity contribution in [2.45, 2.75) is 31.2 Å². The highest BCUT2D eigenvalue weighted by molar-refractivity contribution is 5.92. The van der Waals surface area contributed by atoms with Crippen molar-refractivity contribution >= 4 is 22.5 Å². The first-order valence-corrected chi connectivity index (χ1v) is 11.3. The van der Waals surface area contributed by atoms with Crippen molar-refractivity contribution in [1.29, 1.82) is 0 Å². The summed E-state index contributed by atoms with van der Waals surface area (Å²) < 4.78 is 0. The molecule has 0 radical (unpaired) electrons. The normalized spacial score (nSPS) is 20.0. The highest BCUT2D eigenvalue weighted by Crippen LogP contribution is 2.30. The summed E-state index contributed by atoms with van der Waals surface area (Å²) in [6.45, 7) is 3.98. The number of para-hydroxylation sites is 1. The van der Waals surface area contributed by atoms with E-state index < -0.39 is 0 Å². The van der Waals surface area contributed by atoms with Crippen molar-refractivity contribution in [3.8, 4) is 0 Å². The van der Waals surface area contributed by atoms with Crippen LogP contribution in [0.2, 0.25) is 0 Å². The molecule has 2 aliphatic rings. The van der Waals surface area contributed by atoms with Gasteiger partial charge in [-0.15, -0.1) is 0 Å². The number of aromatic amines is 1. The van der Waals surface area contributed by atoms with Crippen LogP contribution in [0.3, 0.4) is 0 Å². The minimum atomic E-state index is -0.166. The molecule has 4 heterocycles. The molecular weight excluding hydrogens is 404 g/mol. The molecule has 2 aliphatic heterocycles. The lowest BCUT2D eigenvalue weighted by atomic mass is 9.94. The van der Waals surface area contributed by atoms with Crippen molar-refractivity contribution in [1.82, 2.24) is 25.2 Å². The van der Waals surface area contributed by atoms with E-state index >= 15 is 0 Å². The first-order chi connectivity index (χ1) is 15.6. The fraction of sp³-hybridized carbons (Fsp3) is 0.417. The van der Waals surface area contributed by atoms with Gasteiger partial charge < -0.3 is 15.2 Å². The highest BCUT2D eigenvalue weighted by Gasteiger charge is 2.32. The maximum atomic E-state index is 12.4. The number of nitrogens with zero attached hydrogens (tertiary/aromatic N) is 4. The first-order valence-electron chi connectivity index (χ1n) is 11.3. The van der Waals surface area contributed by atoms with E-state index in [1.165, 1.54) is 0 Å². The maximum Gasteiger partial charge on any atom is 0.269 e. The van der Waals surface area contributed by atoms with Gasteiger partial charge in [0.1, 0.15) is 11.5 Å². The number of fused-ring (bicyclic) bond motifs is 1. The molecule has 1 amide bonds. The molecule has 0 bridgehead atoms. The smallest absolute Gasteiger partial charge is 0.269 e. The molecule has 2 aromatic heterocycles. The molecule has 8 nitrogen and oxygen atoms in total. The van der Waals surface area contributed by atoms with Gasteiger partial charge >= 0.3 is 0 Å². The first kappa shape index (κ1) is 20.6. The molecule has 32 heavy (non-hydrogen) atoms. The summed E-state index contributed by atoms with van der Waals surface area (Å²) in [6.07, 6.45) is 4.91. The molecule has 2 saturated heterocycles. The van der Waals surface area contributed by atoms with Crippen LogP contribution in [-0.2, 0) is 0 Å². The second-order valence-electron chi connectivity index (χ2n) is 8.65. The second kappa shape index (κ2) is 8.70. The number of carbonyl (C=O) groups is 1. The zero-order chi connectivity index (χ0) is 22.1. The average Bonchev–Trinajstić information content (AvgIpc) is 3.34. The van der Waals surface area contributed by atoms with E-state index in [0.717, 1.165) is 62.5 Å². The minimum absolute atomic E-state index is 0.0458. The standard InChI is InChI=1S/C24H28N6O2/c1-25-24(32)21-7-6-17(14-26-21)30-13-10-18(15-30)29-11-8-16(9-12-29)22-27-20-5-3-2-4-19(20)23(31)28-22/h2-7,14,16,18H,8-13,15H2,1H3,(H,25,32)(H,27,28,31). The third-order valence-electron chi connectivity index (χ3n) is 6.80. The molecular formula is C24H28N6O2. The molecule has 166 valence electrons. The van der Waals surface area contributed by atoms with Gasteiger partial charge in [-0.25, -0.2) is 9.97 Å². The number of likely N-dealkylation sites (tertiary alicyclic amines) is 1. The lowest BCUT2D eigenvalue weighted by Gasteiger charge is -2.35. The van der Waals surface area contributed by atoms with Gasteiger partial charge in [0.15, 0.2) is 0 Å². The average molecular weight is 433 g/mol. The second-order valence-corrected chi connectivity index (χ2v) is 8.65. The lowest BCUT2D eigenvalue weighted by Crippen LogP contribution is -2.42. The third kappa shape index (κ3) is 3.98. The Morgan fingerprint density at radius 1 is 1.09 bits per heavy atom. The SMILES string of the molecule is CNC(=O)c1ccc(N2CCC(N3CCC(c4nc5ccccc5c(=O)[nH]4)CC3)C2)cn1. The molecule has 1 atom stereocenters. The number of hydrogen-bond donors (Lipinski definition) is 2. The van der Waals surface area contributed by atoms with Gasteiger partial charge in [-0.2, -0.15) is 0 Å². The molecule has 8 heteroatoms. The Labute approximate surface area is 186 Å². The number of piperidine rings is 1. The number of hydrogen-bond acceptors (Lipinski definition) is 6. The highest BCUT2D eigenvalue weighted by atomic mass is 16.1. The fourth-order valence-electron chi connectivity index (χ4n) is 4.95. The predicted octanol–water partition coefficient (Wildman–Crippen LogP) is 2.14. The number of aromatic nitrogens is 3. The van der Waals surface area contributed by atoms with Crippen molar-refractivity contribution in [2.75, 3.05) is 38.1 Å². The van der Waals surface area contributed by atoms with Crippen LogP contribution in [-0.4, -0.2) is 65.0 Å². The van der Waals surface area contributed by atoms with Gasteiger partial charge in [0.25, 0.3) is 11.5 Å². The Morgan fingerprint density at radius 2 is 1.91 bits per heavy atom. The largest absolute Gasteiger partial charge is 0.369 e. The summed E-state index contributed by atoms with van der Waals surface area (Å²) in [5.74, 6) is 0.951. The Morgan fingerprint density at radius 3 is 2.66 bits per heavy atom. The van der Waals surface area contributed by atoms with Gasteiger partial charge in [-0.3, -0.25) is 14.5 Å². The molecule has 0 aliphatic carbocycles. The Balaban J connectivity index is 1.20. The zero-order valence-corrected chi connectivity index (χ0v) is 18.3. The van der Waals surface area contributed by atoms with E-state index in [4.69, 9.17) is 4.98 Å². The molecule has 1 aromatic carbocycles. The summed E-state index contributed by atoms with van der Waals surface area (Å²) in [6, 6.07) is 11.8. The molecule has 2 N–H and O–H groups in total. The van der Waals surface area contributed by atoms with Crippen molar-refractivity contribution in [2.24, 2.45) is 0 Å². The Bertz CT molecular complexity index is 1170. The summed E-state index contributed by atoms with van der Waals surface area (Å²) in [5.41, 5.74) is 2.23. The van der Waals surface area contributed by atoms with Crippen LogP contribution in [0, 0.1) is 0 Å². The van der Waals surface area contributed by atoms with Crippen LogP contribution < -0.4 is 15.8 Å². The van der Waals surface area contributed by atoms with Crippen LogP contribution in [0.4, 0.5) is 5.69 Å². The van der Waals surface area contributed by atoms with E-state index in [9.17, 15) is 9.59 Å². The van der Waals surface area contributed by atoms with E-state index in [1.807, 2.05) is 30.3 Å². The summed E-state index contributed by atoms with van der Waals surface area (Å²) in [4.78, 5) is 41.1. The number of rotatable bonds is 4. The molecule has 0 spiro atoms. The van der Waals surface area contributed by atoms with Crippen LogP contribution in [0.25, 0.3) is 10.9 Å². The lowest BCUT2D eigenvalue weighted by molar-refractivity contribution is 0.0958. The Kier molecular flexibility index (Phi) is 5.61. The predicted molar refractivity (Wildman–Crippen MR) is 124 cm³/mol. The fourth-order valence-corrected chi connectivity index (χ4v) is 4.95. The van der Waals surface area contributed by atoms with Crippen LogP contribution in [0.1, 0.15) is 41.5 Å². The number of pyridine rings is 1. The number of nitrogens with one attached hydrogen (secondary N) is 2. The van der Waals surface area contributed by atoms with Gasteiger partial charge in [-0.05, 0) is 56.6 Å². The summed E-state index contributed by atoms with van der Waals surface area (Å²) in [5, 5.41) is 3.25. The molecule has 1 unspecified atom stereocenters. The number of H-pyrrole nitrogens is 1. The van der Waals surface area contributed by atoms with Gasteiger partial charge in [0, 0.05) is 32.1 Å². The summed E-state index contributed by atoms with van der Waals surface area (Å²) in [7, 11) is 1.61. The van der Waals surface area contributed by atoms with Crippen molar-refractivity contribution in [3.63, 3.8) is 0 Å². The van der Waals surface area contributed by atoms with Crippen molar-refractivity contribution < 1.29 is 4.79 Å². The van der Waals surface area contributed by atoms with E-state index in [0.29, 0.717) is 23.0 Å². The van der Waals surface area contributed by atoms with Crippen molar-refractivity contribution in [3.05, 3.63) is 64.5 Å². The van der Waals surface area contributed by atoms with Gasteiger partial charge in [0.2, 0.25) is 0 Å². The Hall–Kier alpha value is -3.26. The monoisotopic (exact) mass is 432 g/mol. The molecule has 2 fully saturated rings. The molecule has 0 saturated carbocycles. The number of benzene rings is 1. The summed E-state index contributed by atoms with van der Waals surface area (Å²) >= 11 is 0. The van der Waals surface area contributed by atoms with E-state index in [2.05, 4.69) is 25.1 Å². The number of carbonyl (C=O) groups excluding carboxylic acids is 1. The number of amides is 1. The quantitative estimate of drug-likeness (QED) is 0.656. The molecule has 5 rings (SSSR count). The topological polar surface area (TPSA) is 94.2 Å². The minimum Gasteiger partial charge on any atom is -0.369 e.